The molecule has 1 amide bonds. The predicted octanol–water partition coefficient (Wildman–Crippen LogP) is 1.09. The number of hydrogen-bond donors (Lipinski definition) is 3. The Labute approximate surface area is 147 Å². The van der Waals surface area contributed by atoms with Crippen LogP contribution in [0.25, 0.3) is 12.3 Å². The van der Waals surface area contributed by atoms with Crippen LogP contribution in [0, 0.1) is 0 Å². The van der Waals surface area contributed by atoms with Crippen molar-refractivity contribution in [1.82, 2.24) is 5.32 Å². The number of benzene rings is 2. The summed E-state index contributed by atoms with van der Waals surface area (Å²) >= 11 is 0. The molecule has 0 radical (unpaired) electrons. The van der Waals surface area contributed by atoms with Crippen LogP contribution in [0.4, 0.5) is 5.69 Å². The minimum atomic E-state index is -0.114. The van der Waals surface area contributed by atoms with E-state index in [4.69, 9.17) is 10.5 Å². The minimum absolute atomic E-state index is 0.114. The van der Waals surface area contributed by atoms with Crippen LogP contribution in [0.3, 0.4) is 0 Å². The van der Waals surface area contributed by atoms with E-state index in [0.29, 0.717) is 12.2 Å². The molecule has 5 nitrogen and oxygen atoms in total. The van der Waals surface area contributed by atoms with Gasteiger partial charge in [0.05, 0.1) is 13.7 Å². The number of allylic oxidation sites excluding steroid dienone is 1. The van der Waals surface area contributed by atoms with Crippen molar-refractivity contribution in [1.29, 1.82) is 0 Å². The van der Waals surface area contributed by atoms with Gasteiger partial charge >= 0.3 is 0 Å². The third-order valence-corrected chi connectivity index (χ3v) is 3.60. The molecule has 0 heterocycles. The zero-order valence-electron chi connectivity index (χ0n) is 14.3. The highest BCUT2D eigenvalue weighted by Gasteiger charge is 2.03. The molecule has 25 heavy (non-hydrogen) atoms. The third-order valence-electron chi connectivity index (χ3n) is 3.60. The molecule has 0 aliphatic heterocycles. The minimum Gasteiger partial charge on any atom is -0.497 e. The highest BCUT2D eigenvalue weighted by Crippen LogP contribution is 2.12. The number of ether oxygens (including phenoxy) is 1. The molecule has 2 rings (SSSR count). The normalized spacial score (nSPS) is 12.0. The first-order valence-corrected chi connectivity index (χ1v) is 7.94. The average molecular weight is 337 g/mol. The third kappa shape index (κ3) is 5.51. The monoisotopic (exact) mass is 337 g/mol. The lowest BCUT2D eigenvalue weighted by Crippen LogP contribution is -2.30. The number of carbonyl (C=O) groups excluding carboxylic acids is 1. The molecule has 0 unspecified atom stereocenters. The summed E-state index contributed by atoms with van der Waals surface area (Å²) in [7, 11) is 1.63. The van der Waals surface area contributed by atoms with Crippen molar-refractivity contribution < 1.29 is 9.53 Å². The van der Waals surface area contributed by atoms with E-state index in [1.165, 1.54) is 6.20 Å². The van der Waals surface area contributed by atoms with Crippen molar-refractivity contribution in [2.75, 3.05) is 19.0 Å². The molecular formula is C20H23N3O2. The molecule has 5 heteroatoms. The van der Waals surface area contributed by atoms with E-state index in [2.05, 4.69) is 17.2 Å². The summed E-state index contributed by atoms with van der Waals surface area (Å²) in [6, 6.07) is 13.3. The summed E-state index contributed by atoms with van der Waals surface area (Å²) in [5.74, 6) is 0.684. The Hall–Kier alpha value is -3.05. The van der Waals surface area contributed by atoms with Crippen molar-refractivity contribution in [3.05, 3.63) is 71.1 Å². The molecular weight excluding hydrogens is 314 g/mol. The molecule has 0 fully saturated rings. The second-order valence-electron chi connectivity index (χ2n) is 5.42. The molecule has 0 aliphatic carbocycles. The van der Waals surface area contributed by atoms with E-state index in [-0.39, 0.29) is 12.5 Å². The first-order chi connectivity index (χ1) is 12.2. The van der Waals surface area contributed by atoms with Gasteiger partial charge < -0.3 is 21.1 Å². The maximum atomic E-state index is 12.1. The summed E-state index contributed by atoms with van der Waals surface area (Å²) in [6.07, 6.45) is 5.05. The summed E-state index contributed by atoms with van der Waals surface area (Å²) < 4.78 is 5.18. The second kappa shape index (κ2) is 9.30. The SMILES string of the molecule is C=C/C=c1/cc(NC(=O)CNCc2cccc(OC)c2)cc/c1=C/N. The van der Waals surface area contributed by atoms with Crippen LogP contribution in [0.2, 0.25) is 0 Å². The summed E-state index contributed by atoms with van der Waals surface area (Å²) in [4.78, 5) is 12.1. The van der Waals surface area contributed by atoms with Crippen LogP contribution in [0.15, 0.2) is 55.1 Å². The zero-order valence-corrected chi connectivity index (χ0v) is 14.3. The number of amides is 1. The zero-order chi connectivity index (χ0) is 18.1. The first kappa shape index (κ1) is 18.3. The molecule has 0 saturated carbocycles. The fraction of sp³-hybridized carbons (Fsp3) is 0.150. The fourth-order valence-corrected chi connectivity index (χ4v) is 2.38. The van der Waals surface area contributed by atoms with Crippen LogP contribution in [0.5, 0.6) is 5.75 Å². The molecule has 130 valence electrons. The van der Waals surface area contributed by atoms with Gasteiger partial charge in [-0.15, -0.1) is 0 Å². The Bertz CT molecular complexity index is 859. The lowest BCUT2D eigenvalue weighted by molar-refractivity contribution is -0.115. The molecule has 2 aromatic carbocycles. The lowest BCUT2D eigenvalue weighted by atomic mass is 10.2. The number of hydrogen-bond acceptors (Lipinski definition) is 4. The Morgan fingerprint density at radius 2 is 2.08 bits per heavy atom. The van der Waals surface area contributed by atoms with Crippen molar-refractivity contribution in [3.8, 4) is 5.75 Å². The van der Waals surface area contributed by atoms with Gasteiger partial charge in [-0.2, -0.15) is 0 Å². The molecule has 2 aromatic rings. The van der Waals surface area contributed by atoms with Gasteiger partial charge in [-0.05, 0) is 40.3 Å². The largest absolute Gasteiger partial charge is 0.497 e. The highest BCUT2D eigenvalue weighted by molar-refractivity contribution is 5.92. The summed E-state index contributed by atoms with van der Waals surface area (Å²) in [5.41, 5.74) is 7.36. The van der Waals surface area contributed by atoms with Crippen LogP contribution in [-0.2, 0) is 11.3 Å². The highest BCUT2D eigenvalue weighted by atomic mass is 16.5. The average Bonchev–Trinajstić information content (AvgIpc) is 2.62. The first-order valence-electron chi connectivity index (χ1n) is 7.94. The number of rotatable bonds is 7. The standard InChI is InChI=1S/C20H23N3O2/c1-3-5-16-11-18(9-8-17(16)12-21)23-20(24)14-22-13-15-6-4-7-19(10-15)25-2/h3-12,22H,1,13-14,21H2,2H3,(H,23,24)/b16-5-,17-12-. The van der Waals surface area contributed by atoms with Gasteiger partial charge in [0.15, 0.2) is 0 Å². The van der Waals surface area contributed by atoms with E-state index in [1.807, 2.05) is 48.5 Å². The molecule has 0 aromatic heterocycles. The molecule has 0 atom stereocenters. The lowest BCUT2D eigenvalue weighted by Gasteiger charge is -2.08. The Morgan fingerprint density at radius 1 is 1.24 bits per heavy atom. The van der Waals surface area contributed by atoms with Gasteiger partial charge in [0.2, 0.25) is 5.91 Å². The smallest absolute Gasteiger partial charge is 0.238 e. The van der Waals surface area contributed by atoms with Crippen LogP contribution in [-0.4, -0.2) is 19.6 Å². The molecule has 0 spiro atoms. The van der Waals surface area contributed by atoms with Gasteiger partial charge in [0, 0.05) is 18.4 Å². The number of nitrogens with one attached hydrogen (secondary N) is 2. The molecule has 0 bridgehead atoms. The Balaban J connectivity index is 1.93. The quantitative estimate of drug-likeness (QED) is 0.707. The van der Waals surface area contributed by atoms with Gasteiger partial charge in [-0.1, -0.05) is 36.9 Å². The number of methoxy groups -OCH3 is 1. The van der Waals surface area contributed by atoms with Gasteiger partial charge in [-0.3, -0.25) is 4.79 Å². The Kier molecular flexibility index (Phi) is 6.80. The van der Waals surface area contributed by atoms with Crippen molar-refractivity contribution in [3.63, 3.8) is 0 Å². The predicted molar refractivity (Wildman–Crippen MR) is 102 cm³/mol. The van der Waals surface area contributed by atoms with Crippen molar-refractivity contribution in [2.45, 2.75) is 6.54 Å². The topological polar surface area (TPSA) is 76.4 Å². The van der Waals surface area contributed by atoms with E-state index in [9.17, 15) is 4.79 Å². The van der Waals surface area contributed by atoms with E-state index in [0.717, 1.165) is 21.8 Å². The Morgan fingerprint density at radius 3 is 2.80 bits per heavy atom. The van der Waals surface area contributed by atoms with Crippen molar-refractivity contribution in [2.24, 2.45) is 5.73 Å². The van der Waals surface area contributed by atoms with Crippen molar-refractivity contribution >= 4 is 23.9 Å². The molecule has 4 N–H and O–H groups in total. The number of nitrogens with two attached hydrogens (primary N) is 1. The van der Waals surface area contributed by atoms with Crippen LogP contribution >= 0.6 is 0 Å². The molecule has 0 saturated heterocycles. The van der Waals surface area contributed by atoms with E-state index >= 15 is 0 Å². The summed E-state index contributed by atoms with van der Waals surface area (Å²) in [6.45, 7) is 4.48. The van der Waals surface area contributed by atoms with E-state index < -0.39 is 0 Å². The number of anilines is 1. The maximum Gasteiger partial charge on any atom is 0.238 e. The van der Waals surface area contributed by atoms with E-state index in [1.54, 1.807) is 13.2 Å². The van der Waals surface area contributed by atoms with Gasteiger partial charge in [-0.25, -0.2) is 0 Å². The van der Waals surface area contributed by atoms with Gasteiger partial charge in [0.25, 0.3) is 0 Å². The molecule has 0 aliphatic rings. The number of carbonyl (C=O) groups is 1. The van der Waals surface area contributed by atoms with Crippen LogP contribution in [0.1, 0.15) is 5.56 Å². The van der Waals surface area contributed by atoms with Gasteiger partial charge in [0.1, 0.15) is 5.75 Å². The fourth-order valence-electron chi connectivity index (χ4n) is 2.38. The summed E-state index contributed by atoms with van der Waals surface area (Å²) in [5, 5.41) is 7.77. The second-order valence-corrected chi connectivity index (χ2v) is 5.42. The van der Waals surface area contributed by atoms with Crippen LogP contribution < -0.4 is 31.5 Å². The maximum absolute atomic E-state index is 12.1.